The lowest BCUT2D eigenvalue weighted by Gasteiger charge is -2.21. The van der Waals surface area contributed by atoms with Crippen molar-refractivity contribution in [3.05, 3.63) is 35.8 Å². The fraction of sp³-hybridized carbons (Fsp3) is 0.526. The first kappa shape index (κ1) is 17.3. The van der Waals surface area contributed by atoms with Crippen LogP contribution in [0, 0.1) is 0 Å². The highest BCUT2D eigenvalue weighted by Gasteiger charge is 2.35. The van der Waals surface area contributed by atoms with Gasteiger partial charge in [-0.2, -0.15) is 0 Å². The van der Waals surface area contributed by atoms with E-state index in [4.69, 9.17) is 14.7 Å². The van der Waals surface area contributed by atoms with Crippen molar-refractivity contribution in [1.82, 2.24) is 25.2 Å². The minimum Gasteiger partial charge on any atom is -0.378 e. The third-order valence-corrected chi connectivity index (χ3v) is 5.26. The molecule has 0 aromatic carbocycles. The second-order valence-electron chi connectivity index (χ2n) is 7.24. The van der Waals surface area contributed by atoms with Gasteiger partial charge in [-0.25, -0.2) is 9.97 Å². The SMILES string of the molecule is CO[C@H]1CN(C(C)C)C[C@@H]1Nc1nc(-c2cccnc2)nc2c1CNC2. The molecule has 138 valence electrons. The summed E-state index contributed by atoms with van der Waals surface area (Å²) in [5.41, 5.74) is 3.16. The van der Waals surface area contributed by atoms with E-state index in [1.54, 1.807) is 13.3 Å². The van der Waals surface area contributed by atoms with E-state index in [1.807, 2.05) is 18.3 Å². The Morgan fingerprint density at radius 3 is 2.88 bits per heavy atom. The Hall–Kier alpha value is -2.09. The lowest BCUT2D eigenvalue weighted by atomic mass is 10.1. The Morgan fingerprint density at radius 1 is 1.27 bits per heavy atom. The third-order valence-electron chi connectivity index (χ3n) is 5.26. The number of fused-ring (bicyclic) bond motifs is 1. The maximum Gasteiger partial charge on any atom is 0.163 e. The van der Waals surface area contributed by atoms with E-state index in [9.17, 15) is 0 Å². The summed E-state index contributed by atoms with van der Waals surface area (Å²) in [4.78, 5) is 16.2. The van der Waals surface area contributed by atoms with Gasteiger partial charge >= 0.3 is 0 Å². The Labute approximate surface area is 154 Å². The number of nitrogens with zero attached hydrogens (tertiary/aromatic N) is 4. The van der Waals surface area contributed by atoms with Crippen LogP contribution in [-0.2, 0) is 17.8 Å². The van der Waals surface area contributed by atoms with Gasteiger partial charge in [0.2, 0.25) is 0 Å². The summed E-state index contributed by atoms with van der Waals surface area (Å²) in [6, 6.07) is 4.62. The van der Waals surface area contributed by atoms with Gasteiger partial charge in [0.05, 0.1) is 17.8 Å². The van der Waals surface area contributed by atoms with Crippen LogP contribution in [0.2, 0.25) is 0 Å². The van der Waals surface area contributed by atoms with E-state index in [-0.39, 0.29) is 12.1 Å². The number of anilines is 1. The first-order valence-electron chi connectivity index (χ1n) is 9.20. The predicted octanol–water partition coefficient (Wildman–Crippen LogP) is 1.66. The fourth-order valence-electron chi connectivity index (χ4n) is 3.69. The van der Waals surface area contributed by atoms with Crippen LogP contribution in [-0.4, -0.2) is 58.2 Å². The molecule has 2 aliphatic heterocycles. The molecule has 4 rings (SSSR count). The molecule has 2 aromatic rings. The van der Waals surface area contributed by atoms with Crippen LogP contribution in [0.4, 0.5) is 5.82 Å². The molecular weight excluding hydrogens is 328 g/mol. The molecule has 0 bridgehead atoms. The number of hydrogen-bond acceptors (Lipinski definition) is 7. The van der Waals surface area contributed by atoms with Crippen molar-refractivity contribution in [3.63, 3.8) is 0 Å². The summed E-state index contributed by atoms with van der Waals surface area (Å²) in [5.74, 6) is 1.63. The summed E-state index contributed by atoms with van der Waals surface area (Å²) < 4.78 is 5.74. The van der Waals surface area contributed by atoms with Crippen molar-refractivity contribution in [1.29, 1.82) is 0 Å². The van der Waals surface area contributed by atoms with Gasteiger partial charge in [0.15, 0.2) is 5.82 Å². The third kappa shape index (κ3) is 3.30. The van der Waals surface area contributed by atoms with Gasteiger partial charge in [-0.15, -0.1) is 0 Å². The first-order valence-corrected chi connectivity index (χ1v) is 9.20. The van der Waals surface area contributed by atoms with Crippen LogP contribution in [0.3, 0.4) is 0 Å². The van der Waals surface area contributed by atoms with Crippen LogP contribution in [0.5, 0.6) is 0 Å². The molecule has 2 aliphatic rings. The standard InChI is InChI=1S/C19H26N6O/c1-12(2)25-10-16(17(11-25)26-3)23-19-14-8-21-9-15(14)22-18(24-19)13-5-4-6-20-7-13/h4-7,12,16-17,21H,8-11H2,1-3H3,(H,22,23,24)/t16-,17-/m0/s1. The number of likely N-dealkylation sites (tertiary alicyclic amines) is 1. The zero-order valence-electron chi connectivity index (χ0n) is 15.6. The smallest absolute Gasteiger partial charge is 0.163 e. The number of pyridine rings is 1. The van der Waals surface area contributed by atoms with E-state index in [0.717, 1.165) is 54.6 Å². The van der Waals surface area contributed by atoms with Gasteiger partial charge in [-0.3, -0.25) is 9.88 Å². The highest BCUT2D eigenvalue weighted by Crippen LogP contribution is 2.27. The summed E-state index contributed by atoms with van der Waals surface area (Å²) in [7, 11) is 1.79. The Morgan fingerprint density at radius 2 is 2.15 bits per heavy atom. The number of aromatic nitrogens is 3. The molecule has 0 spiro atoms. The molecule has 0 unspecified atom stereocenters. The van der Waals surface area contributed by atoms with Crippen molar-refractivity contribution >= 4 is 5.82 Å². The van der Waals surface area contributed by atoms with Gasteiger partial charge in [0, 0.05) is 62.9 Å². The monoisotopic (exact) mass is 354 g/mol. The van der Waals surface area contributed by atoms with Gasteiger partial charge in [0.25, 0.3) is 0 Å². The van der Waals surface area contributed by atoms with Crippen molar-refractivity contribution < 1.29 is 4.74 Å². The van der Waals surface area contributed by atoms with Gasteiger partial charge in [0.1, 0.15) is 5.82 Å². The van der Waals surface area contributed by atoms with E-state index in [2.05, 4.69) is 34.4 Å². The molecule has 0 radical (unpaired) electrons. The molecular formula is C19H26N6O. The minimum atomic E-state index is 0.152. The van der Waals surface area contributed by atoms with E-state index >= 15 is 0 Å². The van der Waals surface area contributed by atoms with E-state index < -0.39 is 0 Å². The van der Waals surface area contributed by atoms with Crippen LogP contribution in [0.25, 0.3) is 11.4 Å². The number of ether oxygens (including phenoxy) is 1. The van der Waals surface area contributed by atoms with Crippen LogP contribution >= 0.6 is 0 Å². The fourth-order valence-corrected chi connectivity index (χ4v) is 3.69. The average Bonchev–Trinajstić information content (AvgIpc) is 3.29. The van der Waals surface area contributed by atoms with Crippen molar-refractivity contribution in [2.24, 2.45) is 0 Å². The average molecular weight is 354 g/mol. The Kier molecular flexibility index (Phi) is 4.84. The molecule has 0 saturated carbocycles. The zero-order chi connectivity index (χ0) is 18.1. The maximum atomic E-state index is 5.74. The molecule has 2 aromatic heterocycles. The van der Waals surface area contributed by atoms with E-state index in [0.29, 0.717) is 6.04 Å². The largest absolute Gasteiger partial charge is 0.378 e. The van der Waals surface area contributed by atoms with Crippen LogP contribution in [0.15, 0.2) is 24.5 Å². The Bertz CT molecular complexity index is 766. The highest BCUT2D eigenvalue weighted by molar-refractivity contribution is 5.60. The normalized spacial score (nSPS) is 22.8. The maximum absolute atomic E-state index is 5.74. The second-order valence-corrected chi connectivity index (χ2v) is 7.24. The van der Waals surface area contributed by atoms with Crippen LogP contribution < -0.4 is 10.6 Å². The molecule has 1 saturated heterocycles. The lowest BCUT2D eigenvalue weighted by molar-refractivity contribution is 0.0982. The predicted molar refractivity (Wildman–Crippen MR) is 101 cm³/mol. The molecule has 0 amide bonds. The molecule has 1 fully saturated rings. The van der Waals surface area contributed by atoms with Crippen LogP contribution in [0.1, 0.15) is 25.1 Å². The van der Waals surface area contributed by atoms with Crippen molar-refractivity contribution in [3.8, 4) is 11.4 Å². The van der Waals surface area contributed by atoms with Gasteiger partial charge in [-0.1, -0.05) is 0 Å². The summed E-state index contributed by atoms with van der Waals surface area (Å²) in [5, 5.41) is 7.04. The number of nitrogens with one attached hydrogen (secondary N) is 2. The molecule has 26 heavy (non-hydrogen) atoms. The Balaban J connectivity index is 1.65. The molecule has 7 nitrogen and oxygen atoms in total. The number of rotatable bonds is 5. The molecule has 7 heteroatoms. The summed E-state index contributed by atoms with van der Waals surface area (Å²) in [6.45, 7) is 7.90. The van der Waals surface area contributed by atoms with Gasteiger partial charge in [-0.05, 0) is 26.0 Å². The molecule has 2 N–H and O–H groups in total. The number of methoxy groups -OCH3 is 1. The second kappa shape index (κ2) is 7.26. The van der Waals surface area contributed by atoms with Gasteiger partial charge < -0.3 is 15.4 Å². The van der Waals surface area contributed by atoms with Crippen molar-refractivity contribution in [2.45, 2.75) is 45.1 Å². The quantitative estimate of drug-likeness (QED) is 0.846. The molecule has 2 atom stereocenters. The number of hydrogen-bond donors (Lipinski definition) is 2. The summed E-state index contributed by atoms with van der Waals surface area (Å²) >= 11 is 0. The van der Waals surface area contributed by atoms with E-state index in [1.165, 1.54) is 0 Å². The lowest BCUT2D eigenvalue weighted by Crippen LogP contribution is -2.34. The summed E-state index contributed by atoms with van der Waals surface area (Å²) in [6.07, 6.45) is 3.72. The van der Waals surface area contributed by atoms with Crippen molar-refractivity contribution in [2.75, 3.05) is 25.5 Å². The topological polar surface area (TPSA) is 75.2 Å². The minimum absolute atomic E-state index is 0.152. The molecule has 4 heterocycles. The zero-order valence-corrected chi connectivity index (χ0v) is 15.6. The highest BCUT2D eigenvalue weighted by atomic mass is 16.5. The first-order chi connectivity index (χ1) is 12.7. The molecule has 0 aliphatic carbocycles.